The number of rotatable bonds is 2. The summed E-state index contributed by atoms with van der Waals surface area (Å²) in [7, 11) is 0. The zero-order valence-electron chi connectivity index (χ0n) is 19.0. The number of H-pyrrole nitrogens is 1. The van der Waals surface area contributed by atoms with E-state index < -0.39 is 29.1 Å². The highest BCUT2D eigenvalue weighted by molar-refractivity contribution is 5.98. The van der Waals surface area contributed by atoms with Crippen molar-refractivity contribution >= 4 is 17.7 Å². The Morgan fingerprint density at radius 3 is 2.54 bits per heavy atom. The summed E-state index contributed by atoms with van der Waals surface area (Å²) in [5.74, 6) is -1.26. The number of ether oxygens (including phenoxy) is 4. The third kappa shape index (κ3) is 3.79. The number of benzene rings is 1. The van der Waals surface area contributed by atoms with Crippen LogP contribution in [0.3, 0.4) is 0 Å². The van der Waals surface area contributed by atoms with E-state index in [4.69, 9.17) is 18.9 Å². The van der Waals surface area contributed by atoms with Crippen LogP contribution in [0.15, 0.2) is 23.0 Å². The van der Waals surface area contributed by atoms with Gasteiger partial charge in [0, 0.05) is 38.3 Å². The molecule has 2 saturated heterocycles. The van der Waals surface area contributed by atoms with Crippen molar-refractivity contribution < 1.29 is 23.7 Å². The number of carbonyl (C=O) groups is 1. The second-order valence-electron chi connectivity index (χ2n) is 9.08. The smallest absolute Gasteiger partial charge is 0.258 e. The summed E-state index contributed by atoms with van der Waals surface area (Å²) in [5.41, 5.74) is 0.480. The number of anilines is 2. The fraction of sp³-hybridized carbons (Fsp3) is 0.500. The van der Waals surface area contributed by atoms with Crippen molar-refractivity contribution in [3.05, 3.63) is 39.7 Å². The van der Waals surface area contributed by atoms with Crippen LogP contribution in [0.1, 0.15) is 36.3 Å². The molecule has 6 rings (SSSR count). The Balaban J connectivity index is 1.36. The Kier molecular flexibility index (Phi) is 5.35. The van der Waals surface area contributed by atoms with Gasteiger partial charge in [0.25, 0.3) is 5.56 Å². The average Bonchev–Trinajstić information content (AvgIpc) is 3.18. The average molecular weight is 479 g/mol. The fourth-order valence-electron chi connectivity index (χ4n) is 5.23. The minimum absolute atomic E-state index is 0.172. The number of hydrogen-bond donors (Lipinski definition) is 2. The van der Waals surface area contributed by atoms with Gasteiger partial charge in [-0.3, -0.25) is 14.6 Å². The first kappa shape index (κ1) is 21.9. The highest BCUT2D eigenvalue weighted by Crippen LogP contribution is 2.42. The first-order valence-corrected chi connectivity index (χ1v) is 11.8. The Morgan fingerprint density at radius 2 is 1.80 bits per heavy atom. The van der Waals surface area contributed by atoms with Gasteiger partial charge in [0.1, 0.15) is 11.7 Å². The summed E-state index contributed by atoms with van der Waals surface area (Å²) in [6.07, 6.45) is 2.05. The largest absolute Gasteiger partial charge is 0.490 e. The van der Waals surface area contributed by atoms with Crippen LogP contribution in [-0.4, -0.2) is 61.2 Å². The first-order chi connectivity index (χ1) is 17.1. The lowest BCUT2D eigenvalue weighted by atomic mass is 9.79. The number of aromatic amines is 1. The van der Waals surface area contributed by atoms with Gasteiger partial charge in [-0.2, -0.15) is 10.2 Å². The molecular formula is C24H25N5O6. The molecule has 1 aromatic carbocycles. The van der Waals surface area contributed by atoms with Crippen LogP contribution in [0.4, 0.5) is 11.8 Å². The Labute approximate surface area is 200 Å². The van der Waals surface area contributed by atoms with Crippen molar-refractivity contribution in [1.82, 2.24) is 9.97 Å². The molecule has 0 radical (unpaired) electrons. The summed E-state index contributed by atoms with van der Waals surface area (Å²) >= 11 is 0. The van der Waals surface area contributed by atoms with Gasteiger partial charge in [-0.15, -0.1) is 0 Å². The van der Waals surface area contributed by atoms with Crippen molar-refractivity contribution in [2.45, 2.75) is 31.0 Å². The molecule has 1 aromatic heterocycles. The summed E-state index contributed by atoms with van der Waals surface area (Å²) in [6.45, 7) is 3.38. The zero-order chi connectivity index (χ0) is 24.0. The van der Waals surface area contributed by atoms with Crippen LogP contribution < -0.4 is 25.2 Å². The molecule has 4 aliphatic rings. The molecule has 2 unspecified atom stereocenters. The maximum atomic E-state index is 13.4. The number of nitrogens with one attached hydrogen (secondary N) is 2. The predicted molar refractivity (Wildman–Crippen MR) is 123 cm³/mol. The van der Waals surface area contributed by atoms with Crippen LogP contribution in [-0.2, 0) is 14.3 Å². The molecule has 1 amide bonds. The molecule has 182 valence electrons. The molecule has 4 aliphatic heterocycles. The van der Waals surface area contributed by atoms with Crippen LogP contribution >= 0.6 is 0 Å². The molecule has 0 saturated carbocycles. The summed E-state index contributed by atoms with van der Waals surface area (Å²) < 4.78 is 23.1. The number of nitriles is 1. The molecule has 2 fully saturated rings. The molecule has 2 aromatic rings. The minimum Gasteiger partial charge on any atom is -0.490 e. The molecular weight excluding hydrogens is 454 g/mol. The molecule has 11 heteroatoms. The Hall–Kier alpha value is -3.62. The van der Waals surface area contributed by atoms with Gasteiger partial charge in [0.05, 0.1) is 38.1 Å². The zero-order valence-corrected chi connectivity index (χ0v) is 19.0. The van der Waals surface area contributed by atoms with Crippen LogP contribution in [0, 0.1) is 17.2 Å². The van der Waals surface area contributed by atoms with E-state index in [9.17, 15) is 14.9 Å². The molecule has 0 bridgehead atoms. The number of hydrogen-bond acceptors (Lipinski definition) is 9. The maximum Gasteiger partial charge on any atom is 0.258 e. The standard InChI is InChI=1S/C24H25N5O6/c25-13-15-18(14-2-3-16-17(12-14)33-9-1-8-32-16)19-20(26-21(15)30)27-23(28-22(19)31)29-6-4-24(5-7-29)34-10-11-35-24/h2-3,12,15,18H,1,4-11H2,(H2,26,27,28,30,31). The molecule has 2 atom stereocenters. The third-order valence-electron chi connectivity index (χ3n) is 7.02. The van der Waals surface area contributed by atoms with Gasteiger partial charge in [-0.05, 0) is 17.7 Å². The van der Waals surface area contributed by atoms with Gasteiger partial charge in [-0.25, -0.2) is 0 Å². The highest BCUT2D eigenvalue weighted by atomic mass is 16.7. The summed E-state index contributed by atoms with van der Waals surface area (Å²) in [4.78, 5) is 35.7. The molecule has 35 heavy (non-hydrogen) atoms. The van der Waals surface area contributed by atoms with Crippen molar-refractivity contribution in [3.8, 4) is 17.6 Å². The van der Waals surface area contributed by atoms with Crippen LogP contribution in [0.25, 0.3) is 0 Å². The van der Waals surface area contributed by atoms with Gasteiger partial charge in [-0.1, -0.05) is 6.07 Å². The second-order valence-corrected chi connectivity index (χ2v) is 9.08. The summed E-state index contributed by atoms with van der Waals surface area (Å²) in [5, 5.41) is 12.5. The summed E-state index contributed by atoms with van der Waals surface area (Å²) in [6, 6.07) is 7.33. The van der Waals surface area contributed by atoms with E-state index in [1.807, 2.05) is 4.90 Å². The number of fused-ring (bicyclic) bond motifs is 2. The lowest BCUT2D eigenvalue weighted by Crippen LogP contribution is -2.46. The number of carbonyl (C=O) groups excluding carboxylic acids is 1. The number of amides is 1. The van der Waals surface area contributed by atoms with Gasteiger partial charge < -0.3 is 29.2 Å². The van der Waals surface area contributed by atoms with Crippen LogP contribution in [0.2, 0.25) is 0 Å². The third-order valence-corrected chi connectivity index (χ3v) is 7.02. The first-order valence-electron chi connectivity index (χ1n) is 11.8. The number of nitrogens with zero attached hydrogens (tertiary/aromatic N) is 3. The van der Waals surface area contributed by atoms with E-state index in [1.54, 1.807) is 18.2 Å². The normalized spacial score (nSPS) is 24.9. The highest BCUT2D eigenvalue weighted by Gasteiger charge is 2.43. The lowest BCUT2D eigenvalue weighted by molar-refractivity contribution is -0.169. The van der Waals surface area contributed by atoms with E-state index in [0.29, 0.717) is 75.4 Å². The molecule has 0 aliphatic carbocycles. The SMILES string of the molecule is N#CC1C(=O)Nc2nc(N3CCC4(CC3)OCCO4)[nH]c(=O)c2C1c1ccc2c(c1)OCCCO2. The van der Waals surface area contributed by atoms with Crippen molar-refractivity contribution in [2.75, 3.05) is 49.7 Å². The molecule has 1 spiro atoms. The molecule has 5 heterocycles. The van der Waals surface area contributed by atoms with E-state index in [-0.39, 0.29) is 11.4 Å². The van der Waals surface area contributed by atoms with Crippen molar-refractivity contribution in [1.29, 1.82) is 5.26 Å². The second kappa shape index (κ2) is 8.55. The number of aromatic nitrogens is 2. The maximum absolute atomic E-state index is 13.4. The van der Waals surface area contributed by atoms with E-state index in [2.05, 4.69) is 21.4 Å². The van der Waals surface area contributed by atoms with E-state index >= 15 is 0 Å². The Bertz CT molecular complexity index is 1250. The Morgan fingerprint density at radius 1 is 1.06 bits per heavy atom. The van der Waals surface area contributed by atoms with Crippen LogP contribution in [0.5, 0.6) is 11.5 Å². The van der Waals surface area contributed by atoms with Gasteiger partial charge in [0.2, 0.25) is 11.9 Å². The topological polar surface area (TPSA) is 139 Å². The van der Waals surface area contributed by atoms with E-state index in [1.165, 1.54) is 0 Å². The monoisotopic (exact) mass is 479 g/mol. The fourth-order valence-corrected chi connectivity index (χ4v) is 5.23. The van der Waals surface area contributed by atoms with Crippen molar-refractivity contribution in [3.63, 3.8) is 0 Å². The minimum atomic E-state index is -1.09. The number of piperidine rings is 1. The van der Waals surface area contributed by atoms with Gasteiger partial charge >= 0.3 is 0 Å². The van der Waals surface area contributed by atoms with E-state index in [0.717, 1.165) is 6.42 Å². The van der Waals surface area contributed by atoms with Gasteiger partial charge in [0.15, 0.2) is 17.3 Å². The molecule has 2 N–H and O–H groups in total. The predicted octanol–water partition coefficient (Wildman–Crippen LogP) is 1.50. The molecule has 11 nitrogen and oxygen atoms in total. The quantitative estimate of drug-likeness (QED) is 0.656. The lowest BCUT2D eigenvalue weighted by Gasteiger charge is -2.38. The van der Waals surface area contributed by atoms with Crippen molar-refractivity contribution in [2.24, 2.45) is 5.92 Å².